The zero-order chi connectivity index (χ0) is 13.4. The van der Waals surface area contributed by atoms with Gasteiger partial charge < -0.3 is 15.4 Å². The summed E-state index contributed by atoms with van der Waals surface area (Å²) in [6, 6.07) is 0.0427. The lowest BCUT2D eigenvalue weighted by Gasteiger charge is -2.28. The van der Waals surface area contributed by atoms with Crippen LogP contribution in [-0.4, -0.2) is 43.2 Å². The molecule has 0 bridgehead atoms. The van der Waals surface area contributed by atoms with Gasteiger partial charge in [-0.3, -0.25) is 4.79 Å². The summed E-state index contributed by atoms with van der Waals surface area (Å²) in [6.07, 6.45) is 5.44. The molecule has 0 heterocycles. The largest absolute Gasteiger partial charge is 0.380 e. The first-order valence-electron chi connectivity index (χ1n) is 7.32. The predicted molar refractivity (Wildman–Crippen MR) is 73.3 cm³/mol. The lowest BCUT2D eigenvalue weighted by molar-refractivity contribution is -0.137. The van der Waals surface area contributed by atoms with Crippen LogP contribution >= 0.6 is 0 Å². The highest BCUT2D eigenvalue weighted by molar-refractivity contribution is 5.79. The summed E-state index contributed by atoms with van der Waals surface area (Å²) in [6.45, 7) is 6.75. The third-order valence-corrected chi connectivity index (χ3v) is 3.79. The molecule has 0 unspecified atom stereocenters. The number of amides is 1. The fourth-order valence-corrected chi connectivity index (χ4v) is 2.62. The number of nitrogens with two attached hydrogens (primary N) is 1. The van der Waals surface area contributed by atoms with E-state index in [4.69, 9.17) is 10.5 Å². The first-order valence-corrected chi connectivity index (χ1v) is 7.32. The van der Waals surface area contributed by atoms with Crippen molar-refractivity contribution in [3.05, 3.63) is 0 Å². The molecule has 18 heavy (non-hydrogen) atoms. The van der Waals surface area contributed by atoms with Crippen molar-refractivity contribution in [2.75, 3.05) is 26.3 Å². The van der Waals surface area contributed by atoms with Crippen molar-refractivity contribution in [2.45, 2.75) is 52.0 Å². The molecule has 0 aromatic carbocycles. The summed E-state index contributed by atoms with van der Waals surface area (Å²) in [5, 5.41) is 0. The molecule has 0 spiro atoms. The molecule has 1 aliphatic carbocycles. The van der Waals surface area contributed by atoms with E-state index < -0.39 is 0 Å². The van der Waals surface area contributed by atoms with E-state index in [1.165, 1.54) is 6.42 Å². The van der Waals surface area contributed by atoms with Crippen LogP contribution in [0.25, 0.3) is 0 Å². The molecule has 4 nitrogen and oxygen atoms in total. The second-order valence-electron chi connectivity index (χ2n) is 5.02. The summed E-state index contributed by atoms with van der Waals surface area (Å²) < 4.78 is 5.33. The molecule has 2 N–H and O–H groups in total. The first-order chi connectivity index (χ1) is 8.70. The van der Waals surface area contributed by atoms with Crippen molar-refractivity contribution < 1.29 is 9.53 Å². The highest BCUT2D eigenvalue weighted by Gasteiger charge is 2.29. The van der Waals surface area contributed by atoms with Gasteiger partial charge in [0.2, 0.25) is 5.91 Å². The molecular formula is C14H28N2O2. The Labute approximate surface area is 111 Å². The Kier molecular flexibility index (Phi) is 7.28. The minimum Gasteiger partial charge on any atom is -0.380 e. The van der Waals surface area contributed by atoms with Gasteiger partial charge in [0.05, 0.1) is 12.5 Å². The van der Waals surface area contributed by atoms with E-state index in [2.05, 4.69) is 0 Å². The summed E-state index contributed by atoms with van der Waals surface area (Å²) in [5.74, 6) is 0.251. The molecule has 0 aliphatic heterocycles. The molecule has 1 aliphatic rings. The van der Waals surface area contributed by atoms with Crippen LogP contribution in [0, 0.1) is 5.92 Å². The summed E-state index contributed by atoms with van der Waals surface area (Å²) >= 11 is 0. The van der Waals surface area contributed by atoms with E-state index in [0.717, 1.165) is 32.2 Å². The Balaban J connectivity index is 2.52. The van der Waals surface area contributed by atoms with Crippen LogP contribution < -0.4 is 5.73 Å². The lowest BCUT2D eigenvalue weighted by atomic mass is 9.94. The topological polar surface area (TPSA) is 55.6 Å². The highest BCUT2D eigenvalue weighted by Crippen LogP contribution is 2.24. The van der Waals surface area contributed by atoms with Crippen molar-refractivity contribution >= 4 is 5.91 Å². The van der Waals surface area contributed by atoms with Gasteiger partial charge in [0.15, 0.2) is 0 Å². The van der Waals surface area contributed by atoms with Crippen molar-refractivity contribution in [3.8, 4) is 0 Å². The molecule has 2 atom stereocenters. The van der Waals surface area contributed by atoms with Gasteiger partial charge in [-0.1, -0.05) is 19.3 Å². The molecule has 4 heteroatoms. The number of hydrogen-bond acceptors (Lipinski definition) is 3. The molecule has 106 valence electrons. The van der Waals surface area contributed by atoms with E-state index >= 15 is 0 Å². The van der Waals surface area contributed by atoms with Crippen LogP contribution in [0.1, 0.15) is 46.0 Å². The predicted octanol–water partition coefficient (Wildman–Crippen LogP) is 1.78. The van der Waals surface area contributed by atoms with E-state index in [1.54, 1.807) is 0 Å². The minimum atomic E-state index is 0.0223. The zero-order valence-corrected chi connectivity index (χ0v) is 11.9. The zero-order valence-electron chi connectivity index (χ0n) is 11.9. The number of nitrogens with zero attached hydrogens (tertiary/aromatic N) is 1. The van der Waals surface area contributed by atoms with Gasteiger partial charge >= 0.3 is 0 Å². The Morgan fingerprint density at radius 2 is 2.00 bits per heavy atom. The molecule has 1 saturated carbocycles. The molecule has 1 fully saturated rings. The molecule has 1 amide bonds. The number of rotatable bonds is 6. The maximum atomic E-state index is 12.5. The quantitative estimate of drug-likeness (QED) is 0.582. The number of ether oxygens (including phenoxy) is 1. The summed E-state index contributed by atoms with van der Waals surface area (Å²) in [5.41, 5.74) is 6.15. The Bertz CT molecular complexity index is 246. The van der Waals surface area contributed by atoms with Crippen LogP contribution in [0.3, 0.4) is 0 Å². The highest BCUT2D eigenvalue weighted by atomic mass is 16.5. The normalized spacial score (nSPS) is 24.6. The number of hydrogen-bond donors (Lipinski definition) is 1. The molecule has 0 radical (unpaired) electrons. The van der Waals surface area contributed by atoms with Crippen LogP contribution in [0.4, 0.5) is 0 Å². The van der Waals surface area contributed by atoms with Gasteiger partial charge in [-0.25, -0.2) is 0 Å². The fourth-order valence-electron chi connectivity index (χ4n) is 2.62. The molecule has 1 rings (SSSR count). The van der Waals surface area contributed by atoms with Crippen molar-refractivity contribution in [3.63, 3.8) is 0 Å². The van der Waals surface area contributed by atoms with Gasteiger partial charge in [0.25, 0.3) is 0 Å². The molecule has 0 aromatic rings. The van der Waals surface area contributed by atoms with Gasteiger partial charge in [-0.15, -0.1) is 0 Å². The lowest BCUT2D eigenvalue weighted by Crippen LogP contribution is -2.44. The maximum Gasteiger partial charge on any atom is 0.227 e. The average molecular weight is 256 g/mol. The van der Waals surface area contributed by atoms with E-state index in [0.29, 0.717) is 19.8 Å². The second-order valence-corrected chi connectivity index (χ2v) is 5.02. The van der Waals surface area contributed by atoms with Crippen LogP contribution in [-0.2, 0) is 9.53 Å². The number of carbonyl (C=O) groups is 1. The Morgan fingerprint density at radius 3 is 2.67 bits per heavy atom. The molecule has 0 aromatic heterocycles. The van der Waals surface area contributed by atoms with Gasteiger partial charge in [0, 0.05) is 25.7 Å². The van der Waals surface area contributed by atoms with Crippen molar-refractivity contribution in [1.29, 1.82) is 0 Å². The fraction of sp³-hybridized carbons (Fsp3) is 0.929. The third kappa shape index (κ3) is 4.58. The standard InChI is InChI=1S/C14H28N2O2/c1-3-16(10-11-18-4-2)14(17)12-8-6-5-7-9-13(12)15/h12-13H,3-11,15H2,1-2H3/t12-,13-/m0/s1. The van der Waals surface area contributed by atoms with Crippen LogP contribution in [0.5, 0.6) is 0 Å². The smallest absolute Gasteiger partial charge is 0.227 e. The SMILES string of the molecule is CCOCCN(CC)C(=O)[C@H]1CCCCC[C@@H]1N. The molecular weight excluding hydrogens is 228 g/mol. The minimum absolute atomic E-state index is 0.0223. The first kappa shape index (κ1) is 15.4. The Hall–Kier alpha value is -0.610. The monoisotopic (exact) mass is 256 g/mol. The summed E-state index contributed by atoms with van der Waals surface area (Å²) in [4.78, 5) is 14.4. The average Bonchev–Trinajstić information content (AvgIpc) is 2.59. The van der Waals surface area contributed by atoms with Crippen molar-refractivity contribution in [1.82, 2.24) is 4.90 Å². The Morgan fingerprint density at radius 1 is 1.28 bits per heavy atom. The summed E-state index contributed by atoms with van der Waals surface area (Å²) in [7, 11) is 0. The van der Waals surface area contributed by atoms with Crippen LogP contribution in [0.2, 0.25) is 0 Å². The van der Waals surface area contributed by atoms with E-state index in [9.17, 15) is 4.79 Å². The van der Waals surface area contributed by atoms with Gasteiger partial charge in [-0.05, 0) is 26.7 Å². The maximum absolute atomic E-state index is 12.5. The molecule has 0 saturated heterocycles. The number of likely N-dealkylation sites (N-methyl/N-ethyl adjacent to an activating group) is 1. The second kappa shape index (κ2) is 8.48. The van der Waals surface area contributed by atoms with E-state index in [-0.39, 0.29) is 17.9 Å². The van der Waals surface area contributed by atoms with Gasteiger partial charge in [-0.2, -0.15) is 0 Å². The third-order valence-electron chi connectivity index (χ3n) is 3.79. The number of carbonyl (C=O) groups excluding carboxylic acids is 1. The van der Waals surface area contributed by atoms with Crippen LogP contribution in [0.15, 0.2) is 0 Å². The van der Waals surface area contributed by atoms with Gasteiger partial charge in [0.1, 0.15) is 0 Å². The van der Waals surface area contributed by atoms with E-state index in [1.807, 2.05) is 18.7 Å². The van der Waals surface area contributed by atoms with Crippen molar-refractivity contribution in [2.24, 2.45) is 11.7 Å².